The molecule has 5 nitrogen and oxygen atoms in total. The number of sulfonamides is 1. The van der Waals surface area contributed by atoms with Crippen LogP contribution < -0.4 is 0 Å². The Kier molecular flexibility index (Phi) is 5.10. The minimum absolute atomic E-state index is 0.133. The number of benzene rings is 1. The quantitative estimate of drug-likeness (QED) is 0.875. The molecular weight excluding hydrogens is 356 g/mol. The number of aliphatic hydroxyl groups is 1. The molecule has 0 aliphatic heterocycles. The highest BCUT2D eigenvalue weighted by Crippen LogP contribution is 2.26. The molecule has 0 saturated heterocycles. The van der Waals surface area contributed by atoms with E-state index in [1.165, 1.54) is 17.4 Å². The molecule has 0 amide bonds. The third-order valence-corrected chi connectivity index (χ3v) is 5.80. The molecule has 0 fully saturated rings. The third kappa shape index (κ3) is 3.68. The first-order chi connectivity index (χ1) is 9.95. The van der Waals surface area contributed by atoms with Crippen LogP contribution in [0.3, 0.4) is 0 Å². The van der Waals surface area contributed by atoms with E-state index in [9.17, 15) is 8.42 Å². The van der Waals surface area contributed by atoms with E-state index >= 15 is 0 Å². The summed E-state index contributed by atoms with van der Waals surface area (Å²) in [7, 11) is -2.08. The van der Waals surface area contributed by atoms with E-state index in [-0.39, 0.29) is 18.0 Å². The Morgan fingerprint density at radius 2 is 1.86 bits per heavy atom. The second-order valence-corrected chi connectivity index (χ2v) is 7.41. The summed E-state index contributed by atoms with van der Waals surface area (Å²) in [6.45, 7) is 0.130. The molecule has 0 aliphatic carbocycles. The average Bonchev–Trinajstić information content (AvgIpc) is 2.47. The van der Waals surface area contributed by atoms with Gasteiger partial charge in [-0.05, 0) is 51.3 Å². The smallest absolute Gasteiger partial charge is 0.244 e. The number of hydrogen-bond acceptors (Lipinski definition) is 4. The van der Waals surface area contributed by atoms with Gasteiger partial charge in [0.25, 0.3) is 0 Å². The zero-order chi connectivity index (χ0) is 15.5. The van der Waals surface area contributed by atoms with Crippen molar-refractivity contribution in [1.82, 2.24) is 9.29 Å². The van der Waals surface area contributed by atoms with Crippen molar-refractivity contribution in [3.05, 3.63) is 58.3 Å². The van der Waals surface area contributed by atoms with Crippen molar-refractivity contribution in [1.29, 1.82) is 0 Å². The second-order valence-electron chi connectivity index (χ2n) is 4.54. The van der Waals surface area contributed by atoms with Gasteiger partial charge in [0.05, 0.1) is 11.5 Å². The van der Waals surface area contributed by atoms with Gasteiger partial charge in [0.15, 0.2) is 0 Å². The standard InChI is InChI=1S/C14H15BrN2O3S/c1-17(9-11-4-6-16-7-5-11)21(19,20)14-3-2-12(10-18)8-13(14)15/h2-8,18H,9-10H2,1H3. The number of halogens is 1. The van der Waals surface area contributed by atoms with Crippen LogP contribution in [-0.4, -0.2) is 29.9 Å². The minimum atomic E-state index is -3.61. The van der Waals surface area contributed by atoms with Gasteiger partial charge < -0.3 is 5.11 Å². The van der Waals surface area contributed by atoms with Gasteiger partial charge in [-0.15, -0.1) is 0 Å². The summed E-state index contributed by atoms with van der Waals surface area (Å²) in [6, 6.07) is 8.24. The lowest BCUT2D eigenvalue weighted by Crippen LogP contribution is -2.26. The molecule has 0 atom stereocenters. The van der Waals surface area contributed by atoms with Crippen molar-refractivity contribution < 1.29 is 13.5 Å². The molecular formula is C14H15BrN2O3S. The third-order valence-electron chi connectivity index (χ3n) is 3.02. The molecule has 1 N–H and O–H groups in total. The first kappa shape index (κ1) is 16.1. The maximum absolute atomic E-state index is 12.6. The largest absolute Gasteiger partial charge is 0.392 e. The maximum atomic E-state index is 12.6. The van der Waals surface area contributed by atoms with Gasteiger partial charge in [0.1, 0.15) is 0 Å². The lowest BCUT2D eigenvalue weighted by Gasteiger charge is -2.18. The van der Waals surface area contributed by atoms with Gasteiger partial charge in [0, 0.05) is 30.5 Å². The van der Waals surface area contributed by atoms with Crippen LogP contribution in [-0.2, 0) is 23.2 Å². The summed E-state index contributed by atoms with van der Waals surface area (Å²) < 4.78 is 26.9. The number of hydrogen-bond donors (Lipinski definition) is 1. The second kappa shape index (κ2) is 6.65. The molecule has 0 saturated carbocycles. The van der Waals surface area contributed by atoms with Crippen LogP contribution in [0.2, 0.25) is 0 Å². The summed E-state index contributed by atoms with van der Waals surface area (Å²) in [5.74, 6) is 0. The first-order valence-corrected chi connectivity index (χ1v) is 8.43. The minimum Gasteiger partial charge on any atom is -0.392 e. The van der Waals surface area contributed by atoms with Gasteiger partial charge in [0.2, 0.25) is 10.0 Å². The van der Waals surface area contributed by atoms with E-state index in [0.717, 1.165) is 5.56 Å². The molecule has 0 spiro atoms. The number of aromatic nitrogens is 1. The van der Waals surface area contributed by atoms with Gasteiger partial charge in [-0.3, -0.25) is 4.98 Å². The lowest BCUT2D eigenvalue weighted by atomic mass is 10.2. The van der Waals surface area contributed by atoms with E-state index < -0.39 is 10.0 Å². The molecule has 2 aromatic rings. The zero-order valence-corrected chi connectivity index (χ0v) is 13.8. The number of nitrogens with zero attached hydrogens (tertiary/aromatic N) is 2. The predicted octanol–water partition coefficient (Wildman–Crippen LogP) is 2.16. The molecule has 2 rings (SSSR count). The fraction of sp³-hybridized carbons (Fsp3) is 0.214. The highest BCUT2D eigenvalue weighted by molar-refractivity contribution is 9.10. The fourth-order valence-electron chi connectivity index (χ4n) is 1.85. The summed E-state index contributed by atoms with van der Waals surface area (Å²) in [6.07, 6.45) is 3.25. The van der Waals surface area contributed by atoms with E-state index in [1.807, 2.05) is 0 Å². The predicted molar refractivity (Wildman–Crippen MR) is 83.0 cm³/mol. The van der Waals surface area contributed by atoms with Crippen LogP contribution in [0.15, 0.2) is 52.1 Å². The van der Waals surface area contributed by atoms with Crippen LogP contribution in [0.1, 0.15) is 11.1 Å². The average molecular weight is 371 g/mol. The Morgan fingerprint density at radius 3 is 2.43 bits per heavy atom. The van der Waals surface area contributed by atoms with Crippen LogP contribution in [0.4, 0.5) is 0 Å². The summed E-state index contributed by atoms with van der Waals surface area (Å²) in [5, 5.41) is 9.07. The summed E-state index contributed by atoms with van der Waals surface area (Å²) in [5.41, 5.74) is 1.51. The Balaban J connectivity index is 2.29. The van der Waals surface area contributed by atoms with Crippen molar-refractivity contribution in [2.24, 2.45) is 0 Å². The van der Waals surface area contributed by atoms with Crippen LogP contribution in [0.5, 0.6) is 0 Å². The van der Waals surface area contributed by atoms with Gasteiger partial charge in [-0.2, -0.15) is 4.31 Å². The van der Waals surface area contributed by atoms with Crippen LogP contribution >= 0.6 is 15.9 Å². The van der Waals surface area contributed by atoms with E-state index in [0.29, 0.717) is 10.0 Å². The van der Waals surface area contributed by atoms with Crippen molar-refractivity contribution in [3.8, 4) is 0 Å². The highest BCUT2D eigenvalue weighted by Gasteiger charge is 2.23. The zero-order valence-electron chi connectivity index (χ0n) is 11.4. The van der Waals surface area contributed by atoms with Crippen molar-refractivity contribution in [2.75, 3.05) is 7.05 Å². The van der Waals surface area contributed by atoms with Crippen LogP contribution in [0.25, 0.3) is 0 Å². The monoisotopic (exact) mass is 370 g/mol. The van der Waals surface area contributed by atoms with Crippen molar-refractivity contribution >= 4 is 26.0 Å². The SMILES string of the molecule is CN(Cc1ccncc1)S(=O)(=O)c1ccc(CO)cc1Br. The fourth-order valence-corrected chi connectivity index (χ4v) is 4.09. The van der Waals surface area contributed by atoms with Crippen molar-refractivity contribution in [2.45, 2.75) is 18.0 Å². The van der Waals surface area contributed by atoms with Gasteiger partial charge >= 0.3 is 0 Å². The highest BCUT2D eigenvalue weighted by atomic mass is 79.9. The Labute approximate surface area is 132 Å². The van der Waals surface area contributed by atoms with Crippen LogP contribution in [0, 0.1) is 0 Å². The molecule has 1 heterocycles. The Bertz CT molecular complexity index is 720. The molecule has 0 unspecified atom stereocenters. The lowest BCUT2D eigenvalue weighted by molar-refractivity contribution is 0.281. The number of aliphatic hydroxyl groups excluding tert-OH is 1. The van der Waals surface area contributed by atoms with Crippen molar-refractivity contribution in [3.63, 3.8) is 0 Å². The van der Waals surface area contributed by atoms with E-state index in [4.69, 9.17) is 5.11 Å². The molecule has 1 aromatic carbocycles. The molecule has 112 valence electrons. The van der Waals surface area contributed by atoms with Gasteiger partial charge in [-0.25, -0.2) is 8.42 Å². The Morgan fingerprint density at radius 1 is 1.19 bits per heavy atom. The maximum Gasteiger partial charge on any atom is 0.244 e. The van der Waals surface area contributed by atoms with Gasteiger partial charge in [-0.1, -0.05) is 6.07 Å². The summed E-state index contributed by atoms with van der Waals surface area (Å²) >= 11 is 3.25. The molecule has 21 heavy (non-hydrogen) atoms. The first-order valence-electron chi connectivity index (χ1n) is 6.19. The number of rotatable bonds is 5. The van der Waals surface area contributed by atoms with E-state index in [1.54, 1.807) is 36.7 Å². The summed E-state index contributed by atoms with van der Waals surface area (Å²) in [4.78, 5) is 4.08. The topological polar surface area (TPSA) is 70.5 Å². The molecule has 0 aliphatic rings. The molecule has 7 heteroatoms. The number of pyridine rings is 1. The Hall–Kier alpha value is -1.28. The molecule has 0 radical (unpaired) electrons. The van der Waals surface area contributed by atoms with E-state index in [2.05, 4.69) is 20.9 Å². The normalized spacial score (nSPS) is 11.8. The molecule has 1 aromatic heterocycles. The molecule has 0 bridgehead atoms.